The molecular formula is C18H28N2O2. The van der Waals surface area contributed by atoms with Gasteiger partial charge in [0.05, 0.1) is 6.61 Å². The Bertz CT molecular complexity index is 470. The molecule has 1 aromatic rings. The van der Waals surface area contributed by atoms with Crippen LogP contribution in [0.5, 0.6) is 0 Å². The van der Waals surface area contributed by atoms with E-state index in [-0.39, 0.29) is 18.4 Å². The van der Waals surface area contributed by atoms with Gasteiger partial charge in [-0.15, -0.1) is 0 Å². The standard InChI is InChI=1S/C18H28N2O2/c1-14(2)18(22)19-10-17-4-3-9-20(12-17)11-15-5-7-16(13-21)8-6-15/h5-8,14,17,21H,3-4,9-13H2,1-2H3,(H,19,22). The fraction of sp³-hybridized carbons (Fsp3) is 0.611. The van der Waals surface area contributed by atoms with E-state index in [1.54, 1.807) is 0 Å². The lowest BCUT2D eigenvalue weighted by atomic mass is 9.97. The largest absolute Gasteiger partial charge is 0.392 e. The van der Waals surface area contributed by atoms with E-state index >= 15 is 0 Å². The van der Waals surface area contributed by atoms with Gasteiger partial charge in [-0.3, -0.25) is 9.69 Å². The molecule has 1 unspecified atom stereocenters. The molecule has 0 aliphatic carbocycles. The van der Waals surface area contributed by atoms with Crippen LogP contribution >= 0.6 is 0 Å². The molecule has 22 heavy (non-hydrogen) atoms. The fourth-order valence-electron chi connectivity index (χ4n) is 2.92. The van der Waals surface area contributed by atoms with Crippen molar-refractivity contribution in [2.24, 2.45) is 11.8 Å². The van der Waals surface area contributed by atoms with Crippen molar-refractivity contribution in [1.82, 2.24) is 10.2 Å². The zero-order valence-corrected chi connectivity index (χ0v) is 13.7. The summed E-state index contributed by atoms with van der Waals surface area (Å²) >= 11 is 0. The van der Waals surface area contributed by atoms with E-state index in [0.29, 0.717) is 5.92 Å². The van der Waals surface area contributed by atoms with Crippen LogP contribution in [0.2, 0.25) is 0 Å². The lowest BCUT2D eigenvalue weighted by Gasteiger charge is -2.33. The maximum atomic E-state index is 11.7. The normalized spacial score (nSPS) is 19.4. The third-order valence-electron chi connectivity index (χ3n) is 4.30. The number of aliphatic hydroxyl groups excluding tert-OH is 1. The van der Waals surface area contributed by atoms with Crippen molar-refractivity contribution in [3.8, 4) is 0 Å². The van der Waals surface area contributed by atoms with E-state index in [1.807, 2.05) is 26.0 Å². The minimum absolute atomic E-state index is 0.0599. The Labute approximate surface area is 133 Å². The van der Waals surface area contributed by atoms with Crippen molar-refractivity contribution in [2.75, 3.05) is 19.6 Å². The summed E-state index contributed by atoms with van der Waals surface area (Å²) in [6, 6.07) is 8.16. The van der Waals surface area contributed by atoms with E-state index in [0.717, 1.165) is 31.7 Å². The highest BCUT2D eigenvalue weighted by Gasteiger charge is 2.20. The van der Waals surface area contributed by atoms with Gasteiger partial charge >= 0.3 is 0 Å². The molecule has 1 aliphatic rings. The second-order valence-electron chi connectivity index (χ2n) is 6.62. The number of carbonyl (C=O) groups is 1. The van der Waals surface area contributed by atoms with Gasteiger partial charge in [0.2, 0.25) is 5.91 Å². The molecule has 2 N–H and O–H groups in total. The second kappa shape index (κ2) is 8.30. The van der Waals surface area contributed by atoms with Crippen molar-refractivity contribution in [3.63, 3.8) is 0 Å². The third kappa shape index (κ3) is 5.11. The van der Waals surface area contributed by atoms with Crippen molar-refractivity contribution < 1.29 is 9.90 Å². The van der Waals surface area contributed by atoms with E-state index in [4.69, 9.17) is 5.11 Å². The maximum absolute atomic E-state index is 11.7. The van der Waals surface area contributed by atoms with Gasteiger partial charge in [0.1, 0.15) is 0 Å². The summed E-state index contributed by atoms with van der Waals surface area (Å²) in [5.74, 6) is 0.759. The number of rotatable bonds is 6. The first-order chi connectivity index (χ1) is 10.6. The summed E-state index contributed by atoms with van der Waals surface area (Å²) < 4.78 is 0. The Hall–Kier alpha value is -1.39. The number of hydrogen-bond donors (Lipinski definition) is 2. The third-order valence-corrected chi connectivity index (χ3v) is 4.30. The molecule has 1 aromatic carbocycles. The lowest BCUT2D eigenvalue weighted by Crippen LogP contribution is -2.41. The topological polar surface area (TPSA) is 52.6 Å². The molecular weight excluding hydrogens is 276 g/mol. The maximum Gasteiger partial charge on any atom is 0.222 e. The minimum atomic E-state index is 0.0599. The van der Waals surface area contributed by atoms with E-state index in [9.17, 15) is 4.79 Å². The molecule has 0 spiro atoms. The van der Waals surface area contributed by atoms with Gasteiger partial charge in [0, 0.05) is 25.6 Å². The Morgan fingerprint density at radius 1 is 1.32 bits per heavy atom. The molecule has 0 bridgehead atoms. The van der Waals surface area contributed by atoms with E-state index in [1.165, 1.54) is 18.4 Å². The molecule has 0 aromatic heterocycles. The Balaban J connectivity index is 1.81. The Morgan fingerprint density at radius 3 is 2.64 bits per heavy atom. The van der Waals surface area contributed by atoms with Crippen LogP contribution in [0.4, 0.5) is 0 Å². The second-order valence-corrected chi connectivity index (χ2v) is 6.62. The van der Waals surface area contributed by atoms with Crippen molar-refractivity contribution in [1.29, 1.82) is 0 Å². The van der Waals surface area contributed by atoms with Gasteiger partial charge in [-0.2, -0.15) is 0 Å². The zero-order valence-electron chi connectivity index (χ0n) is 13.7. The molecule has 1 fully saturated rings. The average Bonchev–Trinajstić information content (AvgIpc) is 2.53. The summed E-state index contributed by atoms with van der Waals surface area (Å²) in [6.07, 6.45) is 2.38. The van der Waals surface area contributed by atoms with Crippen LogP contribution in [0, 0.1) is 11.8 Å². The van der Waals surface area contributed by atoms with Crippen LogP contribution in [0.1, 0.15) is 37.8 Å². The molecule has 0 radical (unpaired) electrons. The number of carbonyl (C=O) groups excluding carboxylic acids is 1. The quantitative estimate of drug-likeness (QED) is 0.847. The predicted molar refractivity (Wildman–Crippen MR) is 88.2 cm³/mol. The Morgan fingerprint density at radius 2 is 2.00 bits per heavy atom. The molecule has 1 atom stereocenters. The Kier molecular flexibility index (Phi) is 6.40. The van der Waals surface area contributed by atoms with Crippen LogP contribution < -0.4 is 5.32 Å². The van der Waals surface area contributed by atoms with E-state index < -0.39 is 0 Å². The van der Waals surface area contributed by atoms with Crippen molar-refractivity contribution >= 4 is 5.91 Å². The highest BCUT2D eigenvalue weighted by Crippen LogP contribution is 2.18. The van der Waals surface area contributed by atoms with Gasteiger partial charge in [-0.1, -0.05) is 38.1 Å². The molecule has 122 valence electrons. The van der Waals surface area contributed by atoms with Gasteiger partial charge in [0.25, 0.3) is 0 Å². The van der Waals surface area contributed by atoms with Gasteiger partial charge in [-0.25, -0.2) is 0 Å². The SMILES string of the molecule is CC(C)C(=O)NCC1CCCN(Cc2ccc(CO)cc2)C1. The number of benzene rings is 1. The van der Waals surface area contributed by atoms with E-state index in [2.05, 4.69) is 22.3 Å². The summed E-state index contributed by atoms with van der Waals surface area (Å²) in [5.41, 5.74) is 2.24. The van der Waals surface area contributed by atoms with Gasteiger partial charge in [-0.05, 0) is 36.4 Å². The molecule has 1 heterocycles. The van der Waals surface area contributed by atoms with Gasteiger partial charge in [0.15, 0.2) is 0 Å². The smallest absolute Gasteiger partial charge is 0.222 e. The summed E-state index contributed by atoms with van der Waals surface area (Å²) in [7, 11) is 0. The van der Waals surface area contributed by atoms with Gasteiger partial charge < -0.3 is 10.4 Å². The molecule has 4 nitrogen and oxygen atoms in total. The molecule has 1 aliphatic heterocycles. The number of hydrogen-bond acceptors (Lipinski definition) is 3. The first kappa shape index (κ1) is 17.0. The first-order valence-electron chi connectivity index (χ1n) is 8.27. The van der Waals surface area contributed by atoms with Crippen LogP contribution in [0.15, 0.2) is 24.3 Å². The van der Waals surface area contributed by atoms with Crippen molar-refractivity contribution in [2.45, 2.75) is 39.8 Å². The minimum Gasteiger partial charge on any atom is -0.392 e. The zero-order chi connectivity index (χ0) is 15.9. The number of piperidine rings is 1. The van der Waals surface area contributed by atoms with Crippen LogP contribution in [0.3, 0.4) is 0 Å². The van der Waals surface area contributed by atoms with Crippen molar-refractivity contribution in [3.05, 3.63) is 35.4 Å². The number of aliphatic hydroxyl groups is 1. The summed E-state index contributed by atoms with van der Waals surface area (Å²) in [5, 5.41) is 12.1. The first-order valence-corrected chi connectivity index (χ1v) is 8.27. The number of nitrogens with one attached hydrogen (secondary N) is 1. The monoisotopic (exact) mass is 304 g/mol. The molecule has 4 heteroatoms. The predicted octanol–water partition coefficient (Wildman–Crippen LogP) is 2.16. The molecule has 0 saturated carbocycles. The molecule has 1 amide bonds. The molecule has 2 rings (SSSR count). The lowest BCUT2D eigenvalue weighted by molar-refractivity contribution is -0.124. The average molecular weight is 304 g/mol. The number of nitrogens with zero attached hydrogens (tertiary/aromatic N) is 1. The van der Waals surface area contributed by atoms with Crippen LogP contribution in [-0.4, -0.2) is 35.5 Å². The summed E-state index contributed by atoms with van der Waals surface area (Å²) in [4.78, 5) is 14.1. The highest BCUT2D eigenvalue weighted by atomic mass is 16.3. The summed E-state index contributed by atoms with van der Waals surface area (Å²) in [6.45, 7) is 7.85. The number of likely N-dealkylation sites (tertiary alicyclic amines) is 1. The number of amides is 1. The highest BCUT2D eigenvalue weighted by molar-refractivity contribution is 5.77. The molecule has 1 saturated heterocycles. The van der Waals surface area contributed by atoms with Crippen LogP contribution in [-0.2, 0) is 17.9 Å². The fourth-order valence-corrected chi connectivity index (χ4v) is 2.92. The van der Waals surface area contributed by atoms with Crippen LogP contribution in [0.25, 0.3) is 0 Å².